The quantitative estimate of drug-likeness (QED) is 0.726. The molecule has 1 atom stereocenters. The second-order valence-electron chi connectivity index (χ2n) is 4.60. The van der Waals surface area contributed by atoms with Gasteiger partial charge in [-0.3, -0.25) is 4.79 Å². The molecule has 0 bridgehead atoms. The first-order valence-electron chi connectivity index (χ1n) is 6.60. The summed E-state index contributed by atoms with van der Waals surface area (Å²) in [6.07, 6.45) is 2.21. The fourth-order valence-electron chi connectivity index (χ4n) is 2.24. The highest BCUT2D eigenvalue weighted by Gasteiger charge is 2.22. The lowest BCUT2D eigenvalue weighted by Crippen LogP contribution is -2.21. The van der Waals surface area contributed by atoms with Gasteiger partial charge in [-0.15, -0.1) is 0 Å². The van der Waals surface area contributed by atoms with Gasteiger partial charge in [0.2, 0.25) is 0 Å². The molecule has 0 aliphatic carbocycles. The molecule has 0 N–H and O–H groups in total. The van der Waals surface area contributed by atoms with Crippen molar-refractivity contribution < 1.29 is 14.3 Å². The lowest BCUT2D eigenvalue weighted by Gasteiger charge is -2.25. The molecule has 1 unspecified atom stereocenters. The van der Waals surface area contributed by atoms with E-state index in [1.165, 1.54) is 5.56 Å². The van der Waals surface area contributed by atoms with Crippen LogP contribution in [-0.2, 0) is 20.7 Å². The Bertz CT molecular complexity index is 400. The number of benzene rings is 1. The molecule has 2 rings (SSSR count). The Balaban J connectivity index is 1.92. The van der Waals surface area contributed by atoms with Crippen molar-refractivity contribution in [1.82, 2.24) is 0 Å². The van der Waals surface area contributed by atoms with Gasteiger partial charge < -0.3 is 9.47 Å². The van der Waals surface area contributed by atoms with Crippen LogP contribution < -0.4 is 0 Å². The van der Waals surface area contributed by atoms with Gasteiger partial charge in [0, 0.05) is 13.0 Å². The number of hydrogen-bond donors (Lipinski definition) is 0. The number of ether oxygens (including phenoxy) is 2. The van der Waals surface area contributed by atoms with E-state index in [0.29, 0.717) is 19.6 Å². The predicted molar refractivity (Wildman–Crippen MR) is 69.6 cm³/mol. The van der Waals surface area contributed by atoms with Crippen molar-refractivity contribution in [3.63, 3.8) is 0 Å². The van der Waals surface area contributed by atoms with E-state index in [4.69, 9.17) is 9.47 Å². The molecule has 0 amide bonds. The van der Waals surface area contributed by atoms with E-state index in [2.05, 4.69) is 12.1 Å². The number of fused-ring (bicyclic) bond motifs is 1. The molecule has 0 saturated heterocycles. The first kappa shape index (κ1) is 13.2. The van der Waals surface area contributed by atoms with E-state index >= 15 is 0 Å². The molecule has 98 valence electrons. The molecule has 0 spiro atoms. The molecule has 3 heteroatoms. The minimum absolute atomic E-state index is 0.0901. The molecule has 0 aromatic heterocycles. The maximum Gasteiger partial charge on any atom is 0.161 e. The number of Topliss-reactive ketones (excluding diaryl/α,β-unsaturated/α-hetero) is 1. The van der Waals surface area contributed by atoms with Crippen LogP contribution >= 0.6 is 0 Å². The number of carbonyl (C=O) groups excluding carboxylic acids is 1. The van der Waals surface area contributed by atoms with Crippen LogP contribution in [0.4, 0.5) is 0 Å². The van der Waals surface area contributed by atoms with Crippen LogP contribution in [0.1, 0.15) is 37.0 Å². The molecule has 0 saturated carbocycles. The third-order valence-electron chi connectivity index (χ3n) is 3.12. The average Bonchev–Trinajstić information content (AvgIpc) is 2.39. The molecule has 1 aliphatic heterocycles. The standard InChI is InChI=1S/C15H20O3/c1-2-8-17-11-13(16)10-15-14-6-4-3-5-12(14)7-9-18-15/h3-6,15H,2,7-11H2,1H3. The van der Waals surface area contributed by atoms with Crippen molar-refractivity contribution in [2.24, 2.45) is 0 Å². The molecule has 0 fully saturated rings. The Labute approximate surface area is 108 Å². The summed E-state index contributed by atoms with van der Waals surface area (Å²) in [6.45, 7) is 3.58. The zero-order valence-corrected chi connectivity index (χ0v) is 10.9. The molecule has 1 aromatic carbocycles. The van der Waals surface area contributed by atoms with Gasteiger partial charge in [0.1, 0.15) is 6.61 Å². The van der Waals surface area contributed by atoms with Gasteiger partial charge in [-0.1, -0.05) is 31.2 Å². The third-order valence-corrected chi connectivity index (χ3v) is 3.12. The third kappa shape index (κ3) is 3.40. The van der Waals surface area contributed by atoms with Crippen LogP contribution in [0.25, 0.3) is 0 Å². The van der Waals surface area contributed by atoms with Crippen molar-refractivity contribution in [1.29, 1.82) is 0 Å². The monoisotopic (exact) mass is 248 g/mol. The SMILES string of the molecule is CCCOCC(=O)CC1OCCc2ccccc21. The minimum atomic E-state index is -0.0901. The minimum Gasteiger partial charge on any atom is -0.374 e. The summed E-state index contributed by atoms with van der Waals surface area (Å²) in [5, 5.41) is 0. The van der Waals surface area contributed by atoms with E-state index in [-0.39, 0.29) is 18.5 Å². The number of ketones is 1. The second kappa shape index (κ2) is 6.66. The first-order chi connectivity index (χ1) is 8.81. The molecular weight excluding hydrogens is 228 g/mol. The smallest absolute Gasteiger partial charge is 0.161 e. The highest BCUT2D eigenvalue weighted by Crippen LogP contribution is 2.29. The fourth-order valence-corrected chi connectivity index (χ4v) is 2.24. The van der Waals surface area contributed by atoms with Gasteiger partial charge in [-0.25, -0.2) is 0 Å². The van der Waals surface area contributed by atoms with Gasteiger partial charge in [0.05, 0.1) is 12.7 Å². The summed E-state index contributed by atoms with van der Waals surface area (Å²) < 4.78 is 11.0. The van der Waals surface area contributed by atoms with E-state index in [1.54, 1.807) is 0 Å². The van der Waals surface area contributed by atoms with E-state index < -0.39 is 0 Å². The Morgan fingerprint density at radius 1 is 1.44 bits per heavy atom. The highest BCUT2D eigenvalue weighted by molar-refractivity contribution is 5.80. The average molecular weight is 248 g/mol. The Morgan fingerprint density at radius 2 is 2.28 bits per heavy atom. The summed E-state index contributed by atoms with van der Waals surface area (Å²) in [5.74, 6) is 0.116. The summed E-state index contributed by atoms with van der Waals surface area (Å²) in [6, 6.07) is 8.20. The Kier molecular flexibility index (Phi) is 4.90. The number of carbonyl (C=O) groups is 1. The van der Waals surface area contributed by atoms with Crippen molar-refractivity contribution >= 4 is 5.78 Å². The molecule has 1 aromatic rings. The summed E-state index contributed by atoms with van der Waals surface area (Å²) in [7, 11) is 0. The fraction of sp³-hybridized carbons (Fsp3) is 0.533. The van der Waals surface area contributed by atoms with Crippen LogP contribution in [0.2, 0.25) is 0 Å². The molecular formula is C15H20O3. The van der Waals surface area contributed by atoms with Crippen LogP contribution in [0.3, 0.4) is 0 Å². The first-order valence-corrected chi connectivity index (χ1v) is 6.60. The van der Waals surface area contributed by atoms with Gasteiger partial charge in [0.25, 0.3) is 0 Å². The van der Waals surface area contributed by atoms with Crippen molar-refractivity contribution in [3.8, 4) is 0 Å². The maximum absolute atomic E-state index is 11.8. The van der Waals surface area contributed by atoms with Crippen molar-refractivity contribution in [3.05, 3.63) is 35.4 Å². The predicted octanol–water partition coefficient (Wildman–Crippen LogP) is 2.69. The van der Waals surface area contributed by atoms with Crippen LogP contribution in [0.15, 0.2) is 24.3 Å². The summed E-state index contributed by atoms with van der Waals surface area (Å²) in [5.41, 5.74) is 2.46. The van der Waals surface area contributed by atoms with Crippen LogP contribution in [0.5, 0.6) is 0 Å². The summed E-state index contributed by atoms with van der Waals surface area (Å²) >= 11 is 0. The largest absolute Gasteiger partial charge is 0.374 e. The van der Waals surface area contributed by atoms with Crippen LogP contribution in [0, 0.1) is 0 Å². The van der Waals surface area contributed by atoms with E-state index in [1.807, 2.05) is 19.1 Å². The lowest BCUT2D eigenvalue weighted by molar-refractivity contribution is -0.126. The Morgan fingerprint density at radius 3 is 3.11 bits per heavy atom. The normalized spacial score (nSPS) is 18.4. The molecule has 18 heavy (non-hydrogen) atoms. The zero-order valence-electron chi connectivity index (χ0n) is 10.9. The van der Waals surface area contributed by atoms with Crippen molar-refractivity contribution in [2.45, 2.75) is 32.3 Å². The number of rotatable bonds is 6. The van der Waals surface area contributed by atoms with E-state index in [0.717, 1.165) is 18.4 Å². The maximum atomic E-state index is 11.8. The van der Waals surface area contributed by atoms with Crippen LogP contribution in [-0.4, -0.2) is 25.6 Å². The second-order valence-corrected chi connectivity index (χ2v) is 4.60. The van der Waals surface area contributed by atoms with Crippen molar-refractivity contribution in [2.75, 3.05) is 19.8 Å². The topological polar surface area (TPSA) is 35.5 Å². The van der Waals surface area contributed by atoms with Gasteiger partial charge in [-0.2, -0.15) is 0 Å². The van der Waals surface area contributed by atoms with E-state index in [9.17, 15) is 4.79 Å². The zero-order chi connectivity index (χ0) is 12.8. The highest BCUT2D eigenvalue weighted by atomic mass is 16.5. The summed E-state index contributed by atoms with van der Waals surface area (Å²) in [4.78, 5) is 11.8. The van der Waals surface area contributed by atoms with Gasteiger partial charge >= 0.3 is 0 Å². The molecule has 3 nitrogen and oxygen atoms in total. The molecule has 0 radical (unpaired) electrons. The van der Waals surface area contributed by atoms with Gasteiger partial charge in [0.15, 0.2) is 5.78 Å². The number of hydrogen-bond acceptors (Lipinski definition) is 3. The Hall–Kier alpha value is -1.19. The molecule has 1 aliphatic rings. The van der Waals surface area contributed by atoms with Gasteiger partial charge in [-0.05, 0) is 24.0 Å². The lowest BCUT2D eigenvalue weighted by atomic mass is 9.95. The molecule has 1 heterocycles.